The van der Waals surface area contributed by atoms with Crippen molar-refractivity contribution < 1.29 is 9.53 Å². The molecule has 4 heteroatoms. The zero-order valence-electron chi connectivity index (χ0n) is 9.77. The highest BCUT2D eigenvalue weighted by Crippen LogP contribution is 2.27. The Morgan fingerprint density at radius 2 is 2.18 bits per heavy atom. The van der Waals surface area contributed by atoms with E-state index in [2.05, 4.69) is 4.98 Å². The van der Waals surface area contributed by atoms with E-state index in [0.29, 0.717) is 11.5 Å². The molecule has 0 aliphatic heterocycles. The van der Waals surface area contributed by atoms with Crippen LogP contribution in [0.25, 0.3) is 10.6 Å². The molecule has 0 atom stereocenters. The maximum Gasteiger partial charge on any atom is 0.348 e. The van der Waals surface area contributed by atoms with Crippen molar-refractivity contribution in [2.24, 2.45) is 0 Å². The number of hydrogen-bond donors (Lipinski definition) is 0. The molecule has 0 N–H and O–H groups in total. The second-order valence-electron chi connectivity index (χ2n) is 3.61. The normalized spacial score (nSPS) is 10.2. The molecule has 0 radical (unpaired) electrons. The van der Waals surface area contributed by atoms with Crippen LogP contribution in [-0.2, 0) is 4.74 Å². The zero-order valence-corrected chi connectivity index (χ0v) is 10.6. The van der Waals surface area contributed by atoms with E-state index >= 15 is 0 Å². The van der Waals surface area contributed by atoms with E-state index in [4.69, 9.17) is 4.74 Å². The van der Waals surface area contributed by atoms with Gasteiger partial charge in [0.05, 0.1) is 17.2 Å². The minimum atomic E-state index is -0.268. The van der Waals surface area contributed by atoms with Gasteiger partial charge in [-0.1, -0.05) is 6.07 Å². The van der Waals surface area contributed by atoms with Gasteiger partial charge in [0, 0.05) is 6.20 Å². The Morgan fingerprint density at radius 3 is 2.82 bits per heavy atom. The number of hydrogen-bond acceptors (Lipinski definition) is 4. The molecule has 0 fully saturated rings. The average Bonchev–Trinajstić information content (AvgIpc) is 2.80. The van der Waals surface area contributed by atoms with Gasteiger partial charge in [-0.25, -0.2) is 4.79 Å². The van der Waals surface area contributed by atoms with Crippen molar-refractivity contribution in [2.45, 2.75) is 13.8 Å². The van der Waals surface area contributed by atoms with Crippen molar-refractivity contribution in [1.82, 2.24) is 4.98 Å². The molecule has 2 heterocycles. The number of pyridine rings is 1. The number of nitrogens with zero attached hydrogens (tertiary/aromatic N) is 1. The van der Waals surface area contributed by atoms with E-state index in [1.165, 1.54) is 11.3 Å². The predicted octanol–water partition coefficient (Wildman–Crippen LogP) is 3.30. The third-order valence-electron chi connectivity index (χ3n) is 2.25. The van der Waals surface area contributed by atoms with Gasteiger partial charge in [0.1, 0.15) is 4.88 Å². The van der Waals surface area contributed by atoms with E-state index in [0.717, 1.165) is 16.1 Å². The number of aryl methyl sites for hydroxylation is 1. The molecule has 17 heavy (non-hydrogen) atoms. The average molecular weight is 247 g/mol. The Kier molecular flexibility index (Phi) is 3.54. The highest BCUT2D eigenvalue weighted by molar-refractivity contribution is 7.17. The molecule has 0 aliphatic rings. The zero-order chi connectivity index (χ0) is 12.3. The van der Waals surface area contributed by atoms with E-state index in [-0.39, 0.29) is 5.97 Å². The first-order valence-electron chi connectivity index (χ1n) is 5.40. The summed E-state index contributed by atoms with van der Waals surface area (Å²) in [6.45, 7) is 4.19. The summed E-state index contributed by atoms with van der Waals surface area (Å²) in [4.78, 5) is 17.4. The Labute approximate surface area is 104 Å². The monoisotopic (exact) mass is 247 g/mol. The third-order valence-corrected chi connectivity index (χ3v) is 3.33. The van der Waals surface area contributed by atoms with Gasteiger partial charge in [0.25, 0.3) is 0 Å². The highest BCUT2D eigenvalue weighted by atomic mass is 32.1. The van der Waals surface area contributed by atoms with Crippen LogP contribution in [-0.4, -0.2) is 17.6 Å². The molecule has 0 aromatic carbocycles. The SMILES string of the molecule is CCOC(=O)c1ccc(-c2ccc(C)cn2)s1. The fourth-order valence-corrected chi connectivity index (χ4v) is 2.28. The fraction of sp³-hybridized carbons (Fsp3) is 0.231. The molecule has 88 valence electrons. The Bertz CT molecular complexity index is 516. The summed E-state index contributed by atoms with van der Waals surface area (Å²) in [6.07, 6.45) is 1.82. The van der Waals surface area contributed by atoms with Gasteiger partial charge in [-0.2, -0.15) is 0 Å². The number of esters is 1. The second-order valence-corrected chi connectivity index (χ2v) is 4.69. The second kappa shape index (κ2) is 5.10. The van der Waals surface area contributed by atoms with Crippen LogP contribution in [0.5, 0.6) is 0 Å². The van der Waals surface area contributed by atoms with Crippen LogP contribution in [0.2, 0.25) is 0 Å². The lowest BCUT2D eigenvalue weighted by molar-refractivity contribution is 0.0532. The molecular weight excluding hydrogens is 234 g/mol. The van der Waals surface area contributed by atoms with Gasteiger partial charge in [-0.05, 0) is 37.6 Å². The molecule has 0 bridgehead atoms. The standard InChI is InChI=1S/C13H13NO2S/c1-3-16-13(15)12-7-6-11(17-12)10-5-4-9(2)8-14-10/h4-8H,3H2,1-2H3. The quantitative estimate of drug-likeness (QED) is 0.781. The number of rotatable bonds is 3. The van der Waals surface area contributed by atoms with Crippen LogP contribution in [0.15, 0.2) is 30.5 Å². The summed E-state index contributed by atoms with van der Waals surface area (Å²) in [5.74, 6) is -0.268. The maximum atomic E-state index is 11.5. The largest absolute Gasteiger partial charge is 0.462 e. The van der Waals surface area contributed by atoms with Gasteiger partial charge in [-0.15, -0.1) is 11.3 Å². The number of carbonyl (C=O) groups excluding carboxylic acids is 1. The Hall–Kier alpha value is -1.68. The minimum absolute atomic E-state index is 0.268. The molecule has 0 amide bonds. The van der Waals surface area contributed by atoms with Crippen molar-refractivity contribution in [1.29, 1.82) is 0 Å². The molecule has 3 nitrogen and oxygen atoms in total. The molecule has 0 saturated carbocycles. The summed E-state index contributed by atoms with van der Waals surface area (Å²) in [5.41, 5.74) is 2.01. The smallest absolute Gasteiger partial charge is 0.348 e. The molecular formula is C13H13NO2S. The van der Waals surface area contributed by atoms with Crippen molar-refractivity contribution in [3.05, 3.63) is 40.9 Å². The highest BCUT2D eigenvalue weighted by Gasteiger charge is 2.11. The third kappa shape index (κ3) is 2.71. The minimum Gasteiger partial charge on any atom is -0.462 e. The molecule has 2 aromatic rings. The van der Waals surface area contributed by atoms with Crippen LogP contribution >= 0.6 is 11.3 Å². The van der Waals surface area contributed by atoms with Crippen molar-refractivity contribution >= 4 is 17.3 Å². The predicted molar refractivity (Wildman–Crippen MR) is 68.2 cm³/mol. The summed E-state index contributed by atoms with van der Waals surface area (Å²) < 4.78 is 4.95. The van der Waals surface area contributed by atoms with Crippen LogP contribution in [0.1, 0.15) is 22.2 Å². The van der Waals surface area contributed by atoms with Crippen LogP contribution < -0.4 is 0 Å². The lowest BCUT2D eigenvalue weighted by Crippen LogP contribution is -2.01. The molecule has 0 saturated heterocycles. The number of thiophene rings is 1. The fourth-order valence-electron chi connectivity index (χ4n) is 1.40. The van der Waals surface area contributed by atoms with Crippen LogP contribution in [0, 0.1) is 6.92 Å². The molecule has 0 unspecified atom stereocenters. The van der Waals surface area contributed by atoms with Crippen molar-refractivity contribution in [3.8, 4) is 10.6 Å². The first-order valence-corrected chi connectivity index (χ1v) is 6.22. The Balaban J connectivity index is 2.23. The van der Waals surface area contributed by atoms with Gasteiger partial charge in [-0.3, -0.25) is 4.98 Å². The number of ether oxygens (including phenoxy) is 1. The summed E-state index contributed by atoms with van der Waals surface area (Å²) in [6, 6.07) is 7.64. The summed E-state index contributed by atoms with van der Waals surface area (Å²) in [5, 5.41) is 0. The van der Waals surface area contributed by atoms with E-state index in [1.807, 2.05) is 31.3 Å². The lowest BCUT2D eigenvalue weighted by atomic mass is 10.2. The topological polar surface area (TPSA) is 39.2 Å². The van der Waals surface area contributed by atoms with Crippen LogP contribution in [0.4, 0.5) is 0 Å². The van der Waals surface area contributed by atoms with E-state index in [9.17, 15) is 4.79 Å². The molecule has 2 rings (SSSR count). The molecule has 0 aliphatic carbocycles. The first-order chi connectivity index (χ1) is 8.20. The van der Waals surface area contributed by atoms with Crippen molar-refractivity contribution in [2.75, 3.05) is 6.61 Å². The van der Waals surface area contributed by atoms with E-state index in [1.54, 1.807) is 13.0 Å². The van der Waals surface area contributed by atoms with Gasteiger partial charge >= 0.3 is 5.97 Å². The van der Waals surface area contributed by atoms with Gasteiger partial charge < -0.3 is 4.74 Å². The molecule has 0 spiro atoms. The Morgan fingerprint density at radius 1 is 1.35 bits per heavy atom. The molecule has 2 aromatic heterocycles. The van der Waals surface area contributed by atoms with Gasteiger partial charge in [0.2, 0.25) is 0 Å². The summed E-state index contributed by atoms with van der Waals surface area (Å²) in [7, 11) is 0. The summed E-state index contributed by atoms with van der Waals surface area (Å²) >= 11 is 1.40. The number of carbonyl (C=O) groups is 1. The van der Waals surface area contributed by atoms with Gasteiger partial charge in [0.15, 0.2) is 0 Å². The maximum absolute atomic E-state index is 11.5. The number of aromatic nitrogens is 1. The van der Waals surface area contributed by atoms with E-state index < -0.39 is 0 Å². The van der Waals surface area contributed by atoms with Crippen LogP contribution in [0.3, 0.4) is 0 Å². The van der Waals surface area contributed by atoms with Crippen molar-refractivity contribution in [3.63, 3.8) is 0 Å². The first kappa shape index (κ1) is 11.8. The lowest BCUT2D eigenvalue weighted by Gasteiger charge is -1.98.